The fourth-order valence-corrected chi connectivity index (χ4v) is 2.34. The molecule has 0 radical (unpaired) electrons. The standard InChI is InChI=1S/C18H23N3O3/c1-6-14-7-9-15(10-8-14)18(23)24-13(4)17(22)19-16-11(2)20-21(5)12(16)3/h7-10,13H,6H2,1-5H3,(H,19,22)/t13-/m1/s1. The molecule has 24 heavy (non-hydrogen) atoms. The first-order chi connectivity index (χ1) is 11.3. The van der Waals surface area contributed by atoms with E-state index in [9.17, 15) is 9.59 Å². The Morgan fingerprint density at radius 2 is 1.88 bits per heavy atom. The zero-order valence-corrected chi connectivity index (χ0v) is 14.7. The predicted octanol–water partition coefficient (Wildman–Crippen LogP) is 2.78. The molecule has 0 saturated carbocycles. The molecule has 0 spiro atoms. The van der Waals surface area contributed by atoms with Crippen LogP contribution in [0.4, 0.5) is 5.69 Å². The number of anilines is 1. The monoisotopic (exact) mass is 329 g/mol. The average Bonchev–Trinajstić information content (AvgIpc) is 2.81. The number of rotatable bonds is 5. The van der Waals surface area contributed by atoms with E-state index in [-0.39, 0.29) is 5.91 Å². The third-order valence-corrected chi connectivity index (χ3v) is 4.01. The Hall–Kier alpha value is -2.63. The van der Waals surface area contributed by atoms with E-state index in [4.69, 9.17) is 4.74 Å². The molecule has 6 nitrogen and oxygen atoms in total. The first-order valence-electron chi connectivity index (χ1n) is 7.94. The zero-order valence-electron chi connectivity index (χ0n) is 14.7. The number of nitrogens with zero attached hydrogens (tertiary/aromatic N) is 2. The molecule has 0 aliphatic carbocycles. The van der Waals surface area contributed by atoms with Gasteiger partial charge < -0.3 is 10.1 Å². The van der Waals surface area contributed by atoms with Crippen molar-refractivity contribution in [3.05, 3.63) is 46.8 Å². The van der Waals surface area contributed by atoms with Crippen LogP contribution in [0.1, 0.15) is 41.2 Å². The van der Waals surface area contributed by atoms with Crippen LogP contribution in [-0.2, 0) is 23.0 Å². The highest BCUT2D eigenvalue weighted by molar-refractivity contribution is 5.98. The van der Waals surface area contributed by atoms with Crippen LogP contribution in [0.3, 0.4) is 0 Å². The molecular weight excluding hydrogens is 306 g/mol. The van der Waals surface area contributed by atoms with Crippen LogP contribution in [0, 0.1) is 13.8 Å². The van der Waals surface area contributed by atoms with E-state index in [1.165, 1.54) is 0 Å². The first kappa shape index (κ1) is 17.7. The lowest BCUT2D eigenvalue weighted by atomic mass is 10.1. The lowest BCUT2D eigenvalue weighted by Crippen LogP contribution is -2.30. The van der Waals surface area contributed by atoms with E-state index >= 15 is 0 Å². The van der Waals surface area contributed by atoms with Gasteiger partial charge in [-0.2, -0.15) is 5.10 Å². The third kappa shape index (κ3) is 3.82. The topological polar surface area (TPSA) is 73.2 Å². The van der Waals surface area contributed by atoms with Crippen LogP contribution in [0.2, 0.25) is 0 Å². The van der Waals surface area contributed by atoms with Crippen molar-refractivity contribution in [2.24, 2.45) is 7.05 Å². The number of benzene rings is 1. The lowest BCUT2D eigenvalue weighted by Gasteiger charge is -2.14. The summed E-state index contributed by atoms with van der Waals surface area (Å²) in [6.07, 6.45) is 0.000149. The highest BCUT2D eigenvalue weighted by Gasteiger charge is 2.21. The SMILES string of the molecule is CCc1ccc(C(=O)O[C@H](C)C(=O)Nc2c(C)nn(C)c2C)cc1. The normalized spacial score (nSPS) is 11.9. The van der Waals surface area contributed by atoms with Crippen molar-refractivity contribution in [3.63, 3.8) is 0 Å². The number of ether oxygens (including phenoxy) is 1. The second-order valence-corrected chi connectivity index (χ2v) is 5.76. The van der Waals surface area contributed by atoms with E-state index in [1.54, 1.807) is 30.8 Å². The second-order valence-electron chi connectivity index (χ2n) is 5.76. The smallest absolute Gasteiger partial charge is 0.338 e. The number of esters is 1. The molecular formula is C18H23N3O3. The van der Waals surface area contributed by atoms with Crippen molar-refractivity contribution in [2.75, 3.05) is 5.32 Å². The number of nitrogens with one attached hydrogen (secondary N) is 1. The summed E-state index contributed by atoms with van der Waals surface area (Å²) < 4.78 is 6.94. The van der Waals surface area contributed by atoms with Gasteiger partial charge in [-0.15, -0.1) is 0 Å². The molecule has 1 aromatic heterocycles. The number of aromatic nitrogens is 2. The highest BCUT2D eigenvalue weighted by atomic mass is 16.5. The summed E-state index contributed by atoms with van der Waals surface area (Å²) in [5, 5.41) is 7.02. The van der Waals surface area contributed by atoms with E-state index < -0.39 is 12.1 Å². The quantitative estimate of drug-likeness (QED) is 0.856. The van der Waals surface area contributed by atoms with Gasteiger partial charge in [0.25, 0.3) is 5.91 Å². The summed E-state index contributed by atoms with van der Waals surface area (Å²) in [4.78, 5) is 24.4. The minimum absolute atomic E-state index is 0.382. The van der Waals surface area contributed by atoms with Gasteiger partial charge >= 0.3 is 5.97 Å². The van der Waals surface area contributed by atoms with Crippen LogP contribution >= 0.6 is 0 Å². The van der Waals surface area contributed by atoms with E-state index in [0.29, 0.717) is 11.3 Å². The van der Waals surface area contributed by atoms with Crippen molar-refractivity contribution >= 4 is 17.6 Å². The number of carbonyl (C=O) groups excluding carboxylic acids is 2. The van der Waals surface area contributed by atoms with E-state index in [2.05, 4.69) is 10.4 Å². The Labute approximate surface area is 141 Å². The van der Waals surface area contributed by atoms with Crippen LogP contribution in [0.5, 0.6) is 0 Å². The van der Waals surface area contributed by atoms with Gasteiger partial charge in [-0.05, 0) is 44.9 Å². The Morgan fingerprint density at radius 3 is 2.38 bits per heavy atom. The van der Waals surface area contributed by atoms with Gasteiger partial charge in [0.2, 0.25) is 0 Å². The maximum Gasteiger partial charge on any atom is 0.338 e. The minimum atomic E-state index is -0.901. The van der Waals surface area contributed by atoms with Gasteiger partial charge in [0.15, 0.2) is 6.10 Å². The first-order valence-corrected chi connectivity index (χ1v) is 7.94. The molecule has 0 aliphatic heterocycles. The predicted molar refractivity (Wildman–Crippen MR) is 92.0 cm³/mol. The fourth-order valence-electron chi connectivity index (χ4n) is 2.34. The highest BCUT2D eigenvalue weighted by Crippen LogP contribution is 2.19. The molecule has 0 aliphatic rings. The van der Waals surface area contributed by atoms with Gasteiger partial charge in [-0.3, -0.25) is 9.48 Å². The van der Waals surface area contributed by atoms with Gasteiger partial charge in [-0.1, -0.05) is 19.1 Å². The maximum absolute atomic E-state index is 12.3. The number of hydrogen-bond acceptors (Lipinski definition) is 4. The fraction of sp³-hybridized carbons (Fsp3) is 0.389. The summed E-state index contributed by atoms with van der Waals surface area (Å²) in [5.41, 5.74) is 3.78. The summed E-state index contributed by atoms with van der Waals surface area (Å²) in [6, 6.07) is 7.18. The molecule has 2 aromatic rings. The molecule has 1 atom stereocenters. The van der Waals surface area contributed by atoms with Crippen molar-refractivity contribution in [3.8, 4) is 0 Å². The molecule has 1 amide bonds. The molecule has 6 heteroatoms. The van der Waals surface area contributed by atoms with Gasteiger partial charge in [-0.25, -0.2) is 4.79 Å². The molecule has 0 unspecified atom stereocenters. The number of aryl methyl sites for hydroxylation is 3. The summed E-state index contributed by atoms with van der Waals surface area (Å²) in [6.45, 7) is 7.27. The Bertz CT molecular complexity index is 748. The van der Waals surface area contributed by atoms with Crippen LogP contribution in [0.15, 0.2) is 24.3 Å². The molecule has 0 saturated heterocycles. The lowest BCUT2D eigenvalue weighted by molar-refractivity contribution is -0.123. The average molecular weight is 329 g/mol. The number of amides is 1. The number of carbonyl (C=O) groups is 2. The zero-order chi connectivity index (χ0) is 17.9. The molecule has 1 heterocycles. The summed E-state index contributed by atoms with van der Waals surface area (Å²) >= 11 is 0. The van der Waals surface area contributed by atoms with Crippen molar-refractivity contribution in [2.45, 2.75) is 40.2 Å². The number of hydrogen-bond donors (Lipinski definition) is 1. The second kappa shape index (κ2) is 7.29. The molecule has 128 valence electrons. The van der Waals surface area contributed by atoms with Crippen molar-refractivity contribution in [1.29, 1.82) is 0 Å². The molecule has 2 rings (SSSR count). The molecule has 0 bridgehead atoms. The van der Waals surface area contributed by atoms with Crippen LogP contribution in [0.25, 0.3) is 0 Å². The summed E-state index contributed by atoms with van der Waals surface area (Å²) in [7, 11) is 1.81. The summed E-state index contributed by atoms with van der Waals surface area (Å²) in [5.74, 6) is -0.896. The Balaban J connectivity index is 2.01. The Kier molecular flexibility index (Phi) is 5.39. The van der Waals surface area contributed by atoms with Crippen molar-refractivity contribution < 1.29 is 14.3 Å². The molecule has 1 N–H and O–H groups in total. The van der Waals surface area contributed by atoms with Gasteiger partial charge in [0.05, 0.1) is 22.6 Å². The van der Waals surface area contributed by atoms with Crippen molar-refractivity contribution in [1.82, 2.24) is 9.78 Å². The van der Waals surface area contributed by atoms with Gasteiger partial charge in [0, 0.05) is 7.05 Å². The van der Waals surface area contributed by atoms with Crippen LogP contribution < -0.4 is 5.32 Å². The largest absolute Gasteiger partial charge is 0.449 e. The molecule has 0 fully saturated rings. The maximum atomic E-state index is 12.3. The van der Waals surface area contributed by atoms with E-state index in [1.807, 2.05) is 32.9 Å². The van der Waals surface area contributed by atoms with E-state index in [0.717, 1.165) is 23.4 Å². The molecule has 1 aromatic carbocycles. The van der Waals surface area contributed by atoms with Gasteiger partial charge in [0.1, 0.15) is 0 Å². The Morgan fingerprint density at radius 1 is 1.25 bits per heavy atom. The van der Waals surface area contributed by atoms with Crippen LogP contribution in [-0.4, -0.2) is 27.8 Å². The minimum Gasteiger partial charge on any atom is -0.449 e. The third-order valence-electron chi connectivity index (χ3n) is 4.01.